The van der Waals surface area contributed by atoms with E-state index in [1.165, 1.54) is 0 Å². The van der Waals surface area contributed by atoms with Gasteiger partial charge in [-0.25, -0.2) is 0 Å². The molecule has 0 heterocycles. The number of hydrogen-bond donors (Lipinski definition) is 3. The van der Waals surface area contributed by atoms with Crippen molar-refractivity contribution in [3.05, 3.63) is 0 Å². The van der Waals surface area contributed by atoms with Crippen molar-refractivity contribution in [1.29, 1.82) is 0 Å². The topological polar surface area (TPSA) is 75.3 Å². The molecule has 1 saturated carbocycles. The molecular formula is C12H24N2O2S. The second-order valence-electron chi connectivity index (χ2n) is 5.21. The maximum Gasteiger partial charge on any atom is 0.238 e. The molecule has 1 rings (SSSR count). The van der Waals surface area contributed by atoms with Gasteiger partial charge in [-0.15, -0.1) is 0 Å². The van der Waals surface area contributed by atoms with E-state index in [0.29, 0.717) is 11.7 Å². The highest BCUT2D eigenvalue weighted by molar-refractivity contribution is 8.00. The van der Waals surface area contributed by atoms with Gasteiger partial charge in [-0.05, 0) is 32.6 Å². The first kappa shape index (κ1) is 14.8. The molecule has 0 aliphatic heterocycles. The Kier molecular flexibility index (Phi) is 5.28. The first-order valence-electron chi connectivity index (χ1n) is 6.22. The van der Waals surface area contributed by atoms with E-state index in [4.69, 9.17) is 10.8 Å². The maximum absolute atomic E-state index is 11.8. The summed E-state index contributed by atoms with van der Waals surface area (Å²) in [7, 11) is 0. The third-order valence-corrected chi connectivity index (χ3v) is 4.45. The zero-order valence-electron chi connectivity index (χ0n) is 10.9. The third kappa shape index (κ3) is 3.86. The zero-order chi connectivity index (χ0) is 13.1. The van der Waals surface area contributed by atoms with Crippen LogP contribution in [0.3, 0.4) is 0 Å². The molecule has 0 radical (unpaired) electrons. The standard InChI is InChI=1S/C12H24N2O2S/c1-8(2)14-12(11(13)16,10-4-5-10)7-17-9(3)6-15/h8-10,14-15H,4-7H2,1-3H3,(H2,13,16). The Morgan fingerprint density at radius 2 is 2.12 bits per heavy atom. The highest BCUT2D eigenvalue weighted by Crippen LogP contribution is 2.42. The van der Waals surface area contributed by atoms with E-state index in [0.717, 1.165) is 12.8 Å². The number of rotatable bonds is 8. The molecule has 2 atom stereocenters. The van der Waals surface area contributed by atoms with Crippen LogP contribution >= 0.6 is 11.8 Å². The fraction of sp³-hybridized carbons (Fsp3) is 0.917. The van der Waals surface area contributed by atoms with Crippen LogP contribution in [0.15, 0.2) is 0 Å². The quantitative estimate of drug-likeness (QED) is 0.601. The van der Waals surface area contributed by atoms with Crippen molar-refractivity contribution in [3.8, 4) is 0 Å². The second kappa shape index (κ2) is 6.07. The lowest BCUT2D eigenvalue weighted by atomic mass is 9.93. The molecule has 17 heavy (non-hydrogen) atoms. The Bertz CT molecular complexity index is 269. The van der Waals surface area contributed by atoms with Crippen molar-refractivity contribution in [2.45, 2.75) is 50.4 Å². The summed E-state index contributed by atoms with van der Waals surface area (Å²) >= 11 is 1.61. The van der Waals surface area contributed by atoms with Gasteiger partial charge in [0.05, 0.1) is 6.61 Å². The van der Waals surface area contributed by atoms with E-state index in [2.05, 4.69) is 5.32 Å². The SMILES string of the molecule is CC(C)NC(CSC(C)CO)(C(N)=O)C1CC1. The minimum atomic E-state index is -0.595. The van der Waals surface area contributed by atoms with Gasteiger partial charge in [-0.1, -0.05) is 6.92 Å². The van der Waals surface area contributed by atoms with Crippen molar-refractivity contribution in [2.24, 2.45) is 11.7 Å². The van der Waals surface area contributed by atoms with Crippen LogP contribution in [0.2, 0.25) is 0 Å². The van der Waals surface area contributed by atoms with Gasteiger partial charge in [-0.2, -0.15) is 11.8 Å². The summed E-state index contributed by atoms with van der Waals surface area (Å²) in [6.45, 7) is 6.14. The van der Waals surface area contributed by atoms with Crippen LogP contribution in [-0.2, 0) is 4.79 Å². The summed E-state index contributed by atoms with van der Waals surface area (Å²) in [6, 6.07) is 0.230. The Balaban J connectivity index is 2.72. The lowest BCUT2D eigenvalue weighted by molar-refractivity contribution is -0.124. The van der Waals surface area contributed by atoms with E-state index in [-0.39, 0.29) is 23.8 Å². The molecule has 0 aromatic heterocycles. The molecule has 0 aromatic carbocycles. The minimum Gasteiger partial charge on any atom is -0.395 e. The van der Waals surface area contributed by atoms with Gasteiger partial charge in [0.2, 0.25) is 5.91 Å². The Hall–Kier alpha value is -0.260. The van der Waals surface area contributed by atoms with E-state index < -0.39 is 5.54 Å². The number of thioether (sulfide) groups is 1. The van der Waals surface area contributed by atoms with Crippen LogP contribution in [0.25, 0.3) is 0 Å². The van der Waals surface area contributed by atoms with Crippen LogP contribution in [0, 0.1) is 5.92 Å². The highest BCUT2D eigenvalue weighted by Gasteiger charge is 2.49. The number of nitrogens with two attached hydrogens (primary N) is 1. The van der Waals surface area contributed by atoms with Gasteiger partial charge in [0.1, 0.15) is 5.54 Å². The number of nitrogens with one attached hydrogen (secondary N) is 1. The van der Waals surface area contributed by atoms with Crippen molar-refractivity contribution in [2.75, 3.05) is 12.4 Å². The number of hydrogen-bond acceptors (Lipinski definition) is 4. The number of carbonyl (C=O) groups is 1. The van der Waals surface area contributed by atoms with Crippen molar-refractivity contribution >= 4 is 17.7 Å². The Morgan fingerprint density at radius 1 is 1.53 bits per heavy atom. The van der Waals surface area contributed by atoms with E-state index in [9.17, 15) is 4.79 Å². The monoisotopic (exact) mass is 260 g/mol. The molecule has 0 saturated heterocycles. The van der Waals surface area contributed by atoms with E-state index in [1.807, 2.05) is 20.8 Å². The number of aliphatic hydroxyl groups excluding tert-OH is 1. The molecule has 0 aromatic rings. The highest BCUT2D eigenvalue weighted by atomic mass is 32.2. The zero-order valence-corrected chi connectivity index (χ0v) is 11.7. The summed E-state index contributed by atoms with van der Waals surface area (Å²) < 4.78 is 0. The first-order chi connectivity index (χ1) is 7.92. The molecule has 1 aliphatic carbocycles. The van der Waals surface area contributed by atoms with Crippen molar-refractivity contribution < 1.29 is 9.90 Å². The molecule has 1 aliphatic rings. The molecule has 4 N–H and O–H groups in total. The molecule has 0 bridgehead atoms. The minimum absolute atomic E-state index is 0.131. The van der Waals surface area contributed by atoms with Crippen molar-refractivity contribution in [1.82, 2.24) is 5.32 Å². The van der Waals surface area contributed by atoms with Crippen LogP contribution in [0.4, 0.5) is 0 Å². The van der Waals surface area contributed by atoms with Crippen LogP contribution in [-0.4, -0.2) is 40.2 Å². The predicted molar refractivity (Wildman–Crippen MR) is 71.9 cm³/mol. The van der Waals surface area contributed by atoms with E-state index in [1.54, 1.807) is 11.8 Å². The van der Waals surface area contributed by atoms with Gasteiger partial charge in [0, 0.05) is 17.0 Å². The van der Waals surface area contributed by atoms with Crippen LogP contribution < -0.4 is 11.1 Å². The maximum atomic E-state index is 11.8. The van der Waals surface area contributed by atoms with E-state index >= 15 is 0 Å². The largest absolute Gasteiger partial charge is 0.395 e. The van der Waals surface area contributed by atoms with Crippen LogP contribution in [0.5, 0.6) is 0 Å². The molecule has 5 heteroatoms. The molecule has 100 valence electrons. The first-order valence-corrected chi connectivity index (χ1v) is 7.27. The predicted octanol–water partition coefficient (Wildman–Crippen LogP) is 0.732. The fourth-order valence-corrected chi connectivity index (χ4v) is 3.15. The normalized spacial score (nSPS) is 21.2. The number of aliphatic hydroxyl groups is 1. The number of amides is 1. The summed E-state index contributed by atoms with van der Waals surface area (Å²) in [5, 5.41) is 12.5. The lowest BCUT2D eigenvalue weighted by Crippen LogP contribution is -2.61. The number of primary amides is 1. The lowest BCUT2D eigenvalue weighted by Gasteiger charge is -2.34. The molecule has 1 fully saturated rings. The summed E-state index contributed by atoms with van der Waals surface area (Å²) in [5.74, 6) is 0.750. The average molecular weight is 260 g/mol. The molecular weight excluding hydrogens is 236 g/mol. The summed E-state index contributed by atoms with van der Waals surface area (Å²) in [6.07, 6.45) is 2.13. The fourth-order valence-electron chi connectivity index (χ4n) is 2.04. The molecule has 1 amide bonds. The third-order valence-electron chi connectivity index (χ3n) is 3.11. The number of carbonyl (C=O) groups excluding carboxylic acids is 1. The molecule has 2 unspecified atom stereocenters. The van der Waals surface area contributed by atoms with Crippen molar-refractivity contribution in [3.63, 3.8) is 0 Å². The Labute approximate surface area is 108 Å². The smallest absolute Gasteiger partial charge is 0.238 e. The van der Waals surface area contributed by atoms with Gasteiger partial charge in [0.25, 0.3) is 0 Å². The summed E-state index contributed by atoms with van der Waals surface area (Å²) in [5.41, 5.74) is 5.02. The average Bonchev–Trinajstić information content (AvgIpc) is 3.06. The Morgan fingerprint density at radius 3 is 2.47 bits per heavy atom. The van der Waals surface area contributed by atoms with Gasteiger partial charge < -0.3 is 16.2 Å². The summed E-state index contributed by atoms with van der Waals surface area (Å²) in [4.78, 5) is 11.8. The van der Waals surface area contributed by atoms with Gasteiger partial charge in [-0.3, -0.25) is 4.79 Å². The van der Waals surface area contributed by atoms with Gasteiger partial charge in [0.15, 0.2) is 0 Å². The molecule has 0 spiro atoms. The molecule has 4 nitrogen and oxygen atoms in total. The van der Waals surface area contributed by atoms with Gasteiger partial charge >= 0.3 is 0 Å². The van der Waals surface area contributed by atoms with Crippen LogP contribution in [0.1, 0.15) is 33.6 Å². The second-order valence-corrected chi connectivity index (χ2v) is 6.64.